The SMILES string of the molecule is CCn1nc(C)c(CN2CCOc3ccc(CN4CCN(C(C)=O)CC4)cc3C2)c1C. The summed E-state index contributed by atoms with van der Waals surface area (Å²) < 4.78 is 8.16. The number of carbonyl (C=O) groups excluding carboxylic acids is 1. The smallest absolute Gasteiger partial charge is 0.219 e. The Morgan fingerprint density at radius 1 is 1.06 bits per heavy atom. The molecule has 168 valence electrons. The predicted molar refractivity (Wildman–Crippen MR) is 121 cm³/mol. The van der Waals surface area contributed by atoms with Crippen molar-refractivity contribution in [3.05, 3.63) is 46.3 Å². The summed E-state index contributed by atoms with van der Waals surface area (Å²) >= 11 is 0. The van der Waals surface area contributed by atoms with E-state index < -0.39 is 0 Å². The Bertz CT molecular complexity index is 930. The van der Waals surface area contributed by atoms with Crippen LogP contribution in [0.4, 0.5) is 0 Å². The maximum atomic E-state index is 11.6. The fourth-order valence-corrected chi connectivity index (χ4v) is 4.71. The molecule has 0 saturated carbocycles. The Morgan fingerprint density at radius 3 is 2.52 bits per heavy atom. The third-order valence-corrected chi connectivity index (χ3v) is 6.62. The van der Waals surface area contributed by atoms with E-state index in [0.29, 0.717) is 6.61 Å². The number of hydrogen-bond acceptors (Lipinski definition) is 5. The molecular weight excluding hydrogens is 390 g/mol. The second-order valence-corrected chi connectivity index (χ2v) is 8.75. The van der Waals surface area contributed by atoms with Gasteiger partial charge in [-0.05, 0) is 38.5 Å². The van der Waals surface area contributed by atoms with Gasteiger partial charge in [-0.25, -0.2) is 0 Å². The van der Waals surface area contributed by atoms with Crippen LogP contribution in [0.2, 0.25) is 0 Å². The lowest BCUT2D eigenvalue weighted by atomic mass is 10.1. The number of carbonyl (C=O) groups is 1. The molecule has 1 saturated heterocycles. The van der Waals surface area contributed by atoms with Crippen molar-refractivity contribution < 1.29 is 9.53 Å². The van der Waals surface area contributed by atoms with Crippen LogP contribution in [-0.2, 0) is 31.0 Å². The highest BCUT2D eigenvalue weighted by molar-refractivity contribution is 5.73. The first kappa shape index (κ1) is 21.8. The fraction of sp³-hybridized carbons (Fsp3) is 0.583. The van der Waals surface area contributed by atoms with E-state index in [9.17, 15) is 4.79 Å². The molecule has 0 aliphatic carbocycles. The summed E-state index contributed by atoms with van der Waals surface area (Å²) in [5, 5.41) is 4.69. The highest BCUT2D eigenvalue weighted by atomic mass is 16.5. The molecule has 4 rings (SSSR count). The average molecular weight is 426 g/mol. The van der Waals surface area contributed by atoms with Crippen molar-refractivity contribution in [1.82, 2.24) is 24.5 Å². The molecule has 0 N–H and O–H groups in total. The third kappa shape index (κ3) is 4.93. The molecule has 2 aromatic rings. The van der Waals surface area contributed by atoms with E-state index >= 15 is 0 Å². The number of hydrogen-bond donors (Lipinski definition) is 0. The van der Waals surface area contributed by atoms with Crippen LogP contribution < -0.4 is 4.74 Å². The van der Waals surface area contributed by atoms with Gasteiger partial charge < -0.3 is 9.64 Å². The molecule has 2 aliphatic rings. The minimum Gasteiger partial charge on any atom is -0.492 e. The van der Waals surface area contributed by atoms with Crippen molar-refractivity contribution in [2.24, 2.45) is 0 Å². The highest BCUT2D eigenvalue weighted by Gasteiger charge is 2.21. The summed E-state index contributed by atoms with van der Waals surface area (Å²) in [7, 11) is 0. The van der Waals surface area contributed by atoms with E-state index in [1.807, 2.05) is 4.90 Å². The van der Waals surface area contributed by atoms with Crippen LogP contribution in [0.3, 0.4) is 0 Å². The molecule has 2 aliphatic heterocycles. The lowest BCUT2D eigenvalue weighted by Gasteiger charge is -2.34. The summed E-state index contributed by atoms with van der Waals surface area (Å²) in [6.07, 6.45) is 0. The zero-order chi connectivity index (χ0) is 22.0. The van der Waals surface area contributed by atoms with Crippen molar-refractivity contribution in [3.63, 3.8) is 0 Å². The Morgan fingerprint density at radius 2 is 1.84 bits per heavy atom. The third-order valence-electron chi connectivity index (χ3n) is 6.62. The molecule has 1 aromatic carbocycles. The number of fused-ring (bicyclic) bond motifs is 1. The molecule has 3 heterocycles. The van der Waals surface area contributed by atoms with Gasteiger partial charge in [-0.15, -0.1) is 0 Å². The van der Waals surface area contributed by atoms with Crippen LogP contribution in [0.25, 0.3) is 0 Å². The van der Waals surface area contributed by atoms with Gasteiger partial charge in [-0.3, -0.25) is 19.3 Å². The van der Waals surface area contributed by atoms with Gasteiger partial charge >= 0.3 is 0 Å². The Kier molecular flexibility index (Phi) is 6.62. The van der Waals surface area contributed by atoms with Crippen LogP contribution >= 0.6 is 0 Å². The van der Waals surface area contributed by atoms with Crippen molar-refractivity contribution in [2.45, 2.75) is 53.9 Å². The molecule has 1 amide bonds. The monoisotopic (exact) mass is 425 g/mol. The van der Waals surface area contributed by atoms with Gasteiger partial charge in [-0.2, -0.15) is 5.10 Å². The van der Waals surface area contributed by atoms with E-state index in [1.165, 1.54) is 22.4 Å². The zero-order valence-corrected chi connectivity index (χ0v) is 19.4. The molecule has 7 heteroatoms. The molecule has 0 unspecified atom stereocenters. The van der Waals surface area contributed by atoms with E-state index in [2.05, 4.69) is 58.6 Å². The highest BCUT2D eigenvalue weighted by Crippen LogP contribution is 2.27. The Hall–Kier alpha value is -2.38. The molecule has 0 atom stereocenters. The molecule has 31 heavy (non-hydrogen) atoms. The molecule has 0 bridgehead atoms. The number of ether oxygens (including phenoxy) is 1. The first-order valence-corrected chi connectivity index (χ1v) is 11.4. The van der Waals surface area contributed by atoms with Crippen molar-refractivity contribution in [3.8, 4) is 5.75 Å². The maximum absolute atomic E-state index is 11.6. The molecule has 7 nitrogen and oxygen atoms in total. The summed E-state index contributed by atoms with van der Waals surface area (Å²) in [5.41, 5.74) is 6.30. The number of amides is 1. The largest absolute Gasteiger partial charge is 0.492 e. The number of nitrogens with zero attached hydrogens (tertiary/aromatic N) is 5. The number of rotatable bonds is 5. The number of benzene rings is 1. The van der Waals surface area contributed by atoms with E-state index in [0.717, 1.165) is 70.3 Å². The summed E-state index contributed by atoms with van der Waals surface area (Å²) in [6, 6.07) is 6.62. The van der Waals surface area contributed by atoms with Crippen LogP contribution in [-0.4, -0.2) is 69.7 Å². The summed E-state index contributed by atoms with van der Waals surface area (Å²) in [4.78, 5) is 18.4. The van der Waals surface area contributed by atoms with Gasteiger partial charge in [0.2, 0.25) is 5.91 Å². The van der Waals surface area contributed by atoms with Gasteiger partial charge in [-0.1, -0.05) is 6.07 Å². The van der Waals surface area contributed by atoms with Gasteiger partial charge in [0.1, 0.15) is 12.4 Å². The minimum atomic E-state index is 0.178. The van der Waals surface area contributed by atoms with Crippen LogP contribution in [0.15, 0.2) is 18.2 Å². The van der Waals surface area contributed by atoms with E-state index in [-0.39, 0.29) is 5.91 Å². The summed E-state index contributed by atoms with van der Waals surface area (Å²) in [6.45, 7) is 16.8. The van der Waals surface area contributed by atoms with Crippen molar-refractivity contribution in [2.75, 3.05) is 39.3 Å². The summed E-state index contributed by atoms with van der Waals surface area (Å²) in [5.74, 6) is 1.18. The quantitative estimate of drug-likeness (QED) is 0.737. The van der Waals surface area contributed by atoms with Gasteiger partial charge in [0.05, 0.1) is 5.69 Å². The van der Waals surface area contributed by atoms with Crippen LogP contribution in [0.5, 0.6) is 5.75 Å². The van der Waals surface area contributed by atoms with Crippen LogP contribution in [0, 0.1) is 13.8 Å². The first-order chi connectivity index (χ1) is 14.9. The number of piperazine rings is 1. The van der Waals surface area contributed by atoms with E-state index in [1.54, 1.807) is 6.92 Å². The molecule has 1 aromatic heterocycles. The molecule has 0 spiro atoms. The molecular formula is C24H35N5O2. The zero-order valence-electron chi connectivity index (χ0n) is 19.4. The topological polar surface area (TPSA) is 53.8 Å². The van der Waals surface area contributed by atoms with Crippen LogP contribution in [0.1, 0.15) is 41.9 Å². The standard InChI is InChI=1S/C24H35N5O2/c1-5-29-19(3)23(18(2)25-29)17-27-12-13-31-24-7-6-21(14-22(24)16-27)15-26-8-10-28(11-9-26)20(4)30/h6-7,14H,5,8-13,15-17H2,1-4H3. The Labute approximate surface area is 185 Å². The van der Waals surface area contributed by atoms with Gasteiger partial charge in [0, 0.05) is 82.6 Å². The second kappa shape index (κ2) is 9.40. The molecule has 0 radical (unpaired) electrons. The fourth-order valence-electron chi connectivity index (χ4n) is 4.71. The van der Waals surface area contributed by atoms with Gasteiger partial charge in [0.15, 0.2) is 0 Å². The van der Waals surface area contributed by atoms with Crippen molar-refractivity contribution in [1.29, 1.82) is 0 Å². The number of aryl methyl sites for hydroxylation is 2. The number of aromatic nitrogens is 2. The second-order valence-electron chi connectivity index (χ2n) is 8.75. The maximum Gasteiger partial charge on any atom is 0.219 e. The molecule has 1 fully saturated rings. The van der Waals surface area contributed by atoms with E-state index in [4.69, 9.17) is 4.74 Å². The van der Waals surface area contributed by atoms with Crippen molar-refractivity contribution >= 4 is 5.91 Å². The first-order valence-electron chi connectivity index (χ1n) is 11.4. The lowest BCUT2D eigenvalue weighted by molar-refractivity contribution is -0.130. The lowest BCUT2D eigenvalue weighted by Crippen LogP contribution is -2.47. The van der Waals surface area contributed by atoms with Gasteiger partial charge in [0.25, 0.3) is 0 Å². The normalized spacial score (nSPS) is 17.9. The minimum absolute atomic E-state index is 0.178. The Balaban J connectivity index is 1.43. The predicted octanol–water partition coefficient (Wildman–Crippen LogP) is 2.58. The average Bonchev–Trinajstić information content (AvgIpc) is 2.91.